The Morgan fingerprint density at radius 1 is 1.29 bits per heavy atom. The third-order valence-corrected chi connectivity index (χ3v) is 7.26. The third-order valence-electron chi connectivity index (χ3n) is 5.13. The fourth-order valence-electron chi connectivity index (χ4n) is 3.79. The zero-order chi connectivity index (χ0) is 19.8. The number of benzene rings is 1. The number of carbonyl (C=O) groups excluding carboxylic acids is 1. The number of nitrogens with zero attached hydrogens (tertiary/aromatic N) is 2. The van der Waals surface area contributed by atoms with Gasteiger partial charge >= 0.3 is 0 Å². The number of nitrogens with two attached hydrogens (primary N) is 1. The number of aromatic nitrogens is 2. The normalized spacial score (nSPS) is 13.6. The molecule has 2 N–H and O–H groups in total. The Balaban J connectivity index is 1.94. The summed E-state index contributed by atoms with van der Waals surface area (Å²) in [6, 6.07) is 6.07. The Bertz CT molecular complexity index is 1130. The van der Waals surface area contributed by atoms with Crippen LogP contribution < -0.4 is 11.3 Å². The van der Waals surface area contributed by atoms with Crippen LogP contribution in [0.2, 0.25) is 0 Å². The molecule has 146 valence electrons. The number of amides is 1. The van der Waals surface area contributed by atoms with Gasteiger partial charge in [0.05, 0.1) is 11.1 Å². The maximum Gasteiger partial charge on any atom is 0.267 e. The van der Waals surface area contributed by atoms with Crippen molar-refractivity contribution < 1.29 is 4.79 Å². The van der Waals surface area contributed by atoms with Crippen LogP contribution >= 0.6 is 23.1 Å². The molecule has 0 saturated heterocycles. The minimum Gasteiger partial charge on any atom is -0.370 e. The number of fused-ring (bicyclic) bond motifs is 3. The molecule has 4 rings (SSSR count). The van der Waals surface area contributed by atoms with Crippen LogP contribution in [0.1, 0.15) is 40.8 Å². The predicted octanol–water partition coefficient (Wildman–Crippen LogP) is 3.91. The van der Waals surface area contributed by atoms with Gasteiger partial charge in [0.2, 0.25) is 5.91 Å². The van der Waals surface area contributed by atoms with E-state index in [1.54, 1.807) is 15.9 Å². The predicted molar refractivity (Wildman–Crippen MR) is 116 cm³/mol. The van der Waals surface area contributed by atoms with Crippen LogP contribution in [0, 0.1) is 13.8 Å². The van der Waals surface area contributed by atoms with Crippen molar-refractivity contribution in [3.05, 3.63) is 50.1 Å². The number of thiophene rings is 1. The molecule has 0 atom stereocenters. The lowest BCUT2D eigenvalue weighted by Crippen LogP contribution is -2.23. The van der Waals surface area contributed by atoms with E-state index in [-0.39, 0.29) is 17.9 Å². The van der Waals surface area contributed by atoms with Gasteiger partial charge in [-0.3, -0.25) is 14.2 Å². The molecule has 1 aliphatic rings. The van der Waals surface area contributed by atoms with Gasteiger partial charge < -0.3 is 5.73 Å². The fourth-order valence-corrected chi connectivity index (χ4v) is 6.06. The molecule has 1 aliphatic carbocycles. The fraction of sp³-hybridized carbons (Fsp3) is 0.381. The van der Waals surface area contributed by atoms with Gasteiger partial charge in [-0.05, 0) is 56.7 Å². The first kappa shape index (κ1) is 19.2. The first-order valence-corrected chi connectivity index (χ1v) is 11.3. The van der Waals surface area contributed by atoms with Crippen LogP contribution in [0.4, 0.5) is 0 Å². The monoisotopic (exact) mass is 413 g/mol. The van der Waals surface area contributed by atoms with Gasteiger partial charge in [-0.2, -0.15) is 0 Å². The van der Waals surface area contributed by atoms with Gasteiger partial charge in [-0.15, -0.1) is 11.3 Å². The quantitative estimate of drug-likeness (QED) is 0.508. The molecule has 0 unspecified atom stereocenters. The zero-order valence-corrected chi connectivity index (χ0v) is 17.7. The van der Waals surface area contributed by atoms with E-state index in [0.717, 1.165) is 46.3 Å². The van der Waals surface area contributed by atoms with Crippen LogP contribution in [0.3, 0.4) is 0 Å². The zero-order valence-electron chi connectivity index (χ0n) is 16.1. The highest BCUT2D eigenvalue weighted by atomic mass is 32.2. The number of rotatable bonds is 5. The van der Waals surface area contributed by atoms with E-state index in [1.807, 2.05) is 26.0 Å². The summed E-state index contributed by atoms with van der Waals surface area (Å²) >= 11 is 3.06. The molecule has 2 aromatic heterocycles. The van der Waals surface area contributed by atoms with Crippen molar-refractivity contribution in [2.75, 3.05) is 5.75 Å². The van der Waals surface area contributed by atoms with Crippen molar-refractivity contribution in [3.8, 4) is 5.69 Å². The van der Waals surface area contributed by atoms with Gasteiger partial charge in [-0.1, -0.05) is 29.5 Å². The number of hydrogen-bond donors (Lipinski definition) is 1. The van der Waals surface area contributed by atoms with Crippen molar-refractivity contribution in [1.29, 1.82) is 0 Å². The summed E-state index contributed by atoms with van der Waals surface area (Å²) in [5.41, 5.74) is 9.52. The van der Waals surface area contributed by atoms with E-state index in [2.05, 4.69) is 6.07 Å². The molecule has 2 heterocycles. The highest BCUT2D eigenvalue weighted by Gasteiger charge is 2.23. The summed E-state index contributed by atoms with van der Waals surface area (Å²) in [7, 11) is 0. The first-order valence-electron chi connectivity index (χ1n) is 9.51. The smallest absolute Gasteiger partial charge is 0.267 e. The largest absolute Gasteiger partial charge is 0.370 e. The molecule has 0 bridgehead atoms. The van der Waals surface area contributed by atoms with E-state index in [0.29, 0.717) is 10.9 Å². The summed E-state index contributed by atoms with van der Waals surface area (Å²) in [5, 5.41) is 1.41. The van der Waals surface area contributed by atoms with Gasteiger partial charge in [0.1, 0.15) is 4.83 Å². The standard InChI is InChI=1S/C21H23N3O2S2/c1-12-7-8-15(13(2)11-12)24-20(26)18-14-5-3-4-6-16(14)28-19(18)23-21(24)27-10-9-17(22)25/h7-8,11H,3-6,9-10H2,1-2H3,(H2,22,25). The summed E-state index contributed by atoms with van der Waals surface area (Å²) in [6.45, 7) is 4.05. The van der Waals surface area contributed by atoms with Gasteiger partial charge in [0.15, 0.2) is 5.16 Å². The van der Waals surface area contributed by atoms with Crippen LogP contribution in [-0.4, -0.2) is 21.2 Å². The molecule has 0 aliphatic heterocycles. The summed E-state index contributed by atoms with van der Waals surface area (Å²) < 4.78 is 1.73. The number of thioether (sulfide) groups is 1. The first-order chi connectivity index (χ1) is 13.5. The van der Waals surface area contributed by atoms with Crippen LogP contribution in [-0.2, 0) is 17.6 Å². The highest BCUT2D eigenvalue weighted by molar-refractivity contribution is 7.99. The van der Waals surface area contributed by atoms with E-state index in [9.17, 15) is 9.59 Å². The Morgan fingerprint density at radius 3 is 2.82 bits per heavy atom. The Kier molecular flexibility index (Phi) is 5.29. The maximum atomic E-state index is 13.6. The SMILES string of the molecule is Cc1ccc(-n2c(SCCC(N)=O)nc3sc4c(c3c2=O)CCCC4)c(C)c1. The average Bonchev–Trinajstić information content (AvgIpc) is 3.01. The molecule has 3 aromatic rings. The molecule has 0 radical (unpaired) electrons. The lowest BCUT2D eigenvalue weighted by atomic mass is 9.97. The van der Waals surface area contributed by atoms with Crippen molar-refractivity contribution in [1.82, 2.24) is 9.55 Å². The van der Waals surface area contributed by atoms with E-state index < -0.39 is 0 Å². The average molecular weight is 414 g/mol. The molecule has 0 spiro atoms. The lowest BCUT2D eigenvalue weighted by Gasteiger charge is -2.15. The molecule has 0 saturated carbocycles. The molecule has 5 nitrogen and oxygen atoms in total. The molecule has 28 heavy (non-hydrogen) atoms. The minimum absolute atomic E-state index is 0.00192. The Labute approximate surface area is 172 Å². The second-order valence-electron chi connectivity index (χ2n) is 7.28. The minimum atomic E-state index is -0.347. The van der Waals surface area contributed by atoms with Crippen molar-refractivity contribution >= 4 is 39.2 Å². The maximum absolute atomic E-state index is 13.6. The molecule has 0 fully saturated rings. The van der Waals surface area contributed by atoms with Crippen LogP contribution in [0.5, 0.6) is 0 Å². The number of carbonyl (C=O) groups is 1. The second kappa shape index (κ2) is 7.72. The number of primary amides is 1. The van der Waals surface area contributed by atoms with Crippen molar-refractivity contribution in [2.45, 2.75) is 51.1 Å². The second-order valence-corrected chi connectivity index (χ2v) is 9.43. The summed E-state index contributed by atoms with van der Waals surface area (Å²) in [5.74, 6) is 0.157. The van der Waals surface area contributed by atoms with Gasteiger partial charge in [-0.25, -0.2) is 4.98 Å². The topological polar surface area (TPSA) is 78.0 Å². The number of aryl methyl sites for hydroxylation is 4. The van der Waals surface area contributed by atoms with E-state index in [4.69, 9.17) is 10.7 Å². The molecular weight excluding hydrogens is 390 g/mol. The van der Waals surface area contributed by atoms with Gasteiger partial charge in [0, 0.05) is 17.1 Å². The third kappa shape index (κ3) is 3.49. The molecular formula is C21H23N3O2S2. The van der Waals surface area contributed by atoms with Crippen LogP contribution in [0.25, 0.3) is 15.9 Å². The summed E-state index contributed by atoms with van der Waals surface area (Å²) in [6.07, 6.45) is 4.53. The summed E-state index contributed by atoms with van der Waals surface area (Å²) in [4.78, 5) is 31.8. The molecule has 7 heteroatoms. The van der Waals surface area contributed by atoms with E-state index >= 15 is 0 Å². The number of hydrogen-bond acceptors (Lipinski definition) is 5. The van der Waals surface area contributed by atoms with Crippen molar-refractivity contribution in [2.24, 2.45) is 5.73 Å². The molecule has 1 amide bonds. The lowest BCUT2D eigenvalue weighted by molar-refractivity contribution is -0.117. The molecule has 1 aromatic carbocycles. The van der Waals surface area contributed by atoms with Crippen LogP contribution in [0.15, 0.2) is 28.2 Å². The van der Waals surface area contributed by atoms with Gasteiger partial charge in [0.25, 0.3) is 5.56 Å². The van der Waals surface area contributed by atoms with Crippen molar-refractivity contribution in [3.63, 3.8) is 0 Å². The van der Waals surface area contributed by atoms with E-state index in [1.165, 1.54) is 28.6 Å². The Morgan fingerprint density at radius 2 is 2.07 bits per heavy atom. The highest BCUT2D eigenvalue weighted by Crippen LogP contribution is 2.35. The Hall–Kier alpha value is -2.12.